The topological polar surface area (TPSA) is 125 Å². The number of ether oxygens (including phenoxy) is 1. The number of carbonyl (C=O) groups excluding carboxylic acids is 1. The molecule has 0 radical (unpaired) electrons. The number of anilines is 2. The molecule has 0 spiro atoms. The lowest BCUT2D eigenvalue weighted by Crippen LogP contribution is -2.14. The zero-order chi connectivity index (χ0) is 13.8. The second-order valence-corrected chi connectivity index (χ2v) is 5.11. The summed E-state index contributed by atoms with van der Waals surface area (Å²) in [6, 6.07) is 4.07. The van der Waals surface area contributed by atoms with Crippen LogP contribution in [0.25, 0.3) is 0 Å². The molecule has 0 heterocycles. The molecular weight excluding hydrogens is 258 g/mol. The van der Waals surface area contributed by atoms with E-state index in [2.05, 4.69) is 10.1 Å². The molecule has 0 saturated carbocycles. The second-order valence-electron chi connectivity index (χ2n) is 3.55. The maximum Gasteiger partial charge on any atom is 0.307 e. The summed E-state index contributed by atoms with van der Waals surface area (Å²) in [5.74, 6) is -0.372. The summed E-state index contributed by atoms with van der Waals surface area (Å²) in [5, 5.41) is 7.85. The highest BCUT2D eigenvalue weighted by Crippen LogP contribution is 2.22. The Morgan fingerprint density at radius 2 is 2.11 bits per heavy atom. The predicted octanol–water partition coefficient (Wildman–Crippen LogP) is -0.109. The summed E-state index contributed by atoms with van der Waals surface area (Å²) in [5.41, 5.74) is 6.44. The van der Waals surface area contributed by atoms with Gasteiger partial charge in [-0.1, -0.05) is 0 Å². The van der Waals surface area contributed by atoms with Gasteiger partial charge in [0.25, 0.3) is 0 Å². The van der Waals surface area contributed by atoms with Gasteiger partial charge >= 0.3 is 5.97 Å². The number of methoxy groups -OCH3 is 1. The van der Waals surface area contributed by atoms with Gasteiger partial charge in [-0.2, -0.15) is 0 Å². The Morgan fingerprint density at radius 3 is 2.67 bits per heavy atom. The number of esters is 1. The van der Waals surface area contributed by atoms with Crippen LogP contribution in [0.15, 0.2) is 23.1 Å². The third kappa shape index (κ3) is 3.90. The third-order valence-corrected chi connectivity index (χ3v) is 3.14. The van der Waals surface area contributed by atoms with Gasteiger partial charge in [-0.15, -0.1) is 0 Å². The van der Waals surface area contributed by atoms with Gasteiger partial charge in [0, 0.05) is 6.54 Å². The van der Waals surface area contributed by atoms with E-state index in [0.717, 1.165) is 0 Å². The SMILES string of the molecule is COC(=O)CCNc1cc(S(N)(=O)=O)ccc1N. The first-order valence-electron chi connectivity index (χ1n) is 5.07. The summed E-state index contributed by atoms with van der Waals surface area (Å²) < 4.78 is 26.8. The van der Waals surface area contributed by atoms with Crippen molar-refractivity contribution in [3.63, 3.8) is 0 Å². The molecule has 0 fully saturated rings. The molecule has 0 bridgehead atoms. The average Bonchev–Trinajstić information content (AvgIpc) is 2.29. The summed E-state index contributed by atoms with van der Waals surface area (Å²) >= 11 is 0. The molecule has 0 aromatic heterocycles. The average molecular weight is 273 g/mol. The normalized spacial score (nSPS) is 11.0. The monoisotopic (exact) mass is 273 g/mol. The smallest absolute Gasteiger partial charge is 0.307 e. The fourth-order valence-electron chi connectivity index (χ4n) is 1.27. The van der Waals surface area contributed by atoms with Crippen LogP contribution in [-0.2, 0) is 19.6 Å². The van der Waals surface area contributed by atoms with E-state index in [-0.39, 0.29) is 23.8 Å². The Hall–Kier alpha value is -1.80. The van der Waals surface area contributed by atoms with Crippen molar-refractivity contribution >= 4 is 27.4 Å². The number of hydrogen-bond acceptors (Lipinski definition) is 6. The highest BCUT2D eigenvalue weighted by molar-refractivity contribution is 7.89. The lowest BCUT2D eigenvalue weighted by Gasteiger charge is -2.10. The largest absolute Gasteiger partial charge is 0.469 e. The zero-order valence-corrected chi connectivity index (χ0v) is 10.7. The Morgan fingerprint density at radius 1 is 1.44 bits per heavy atom. The predicted molar refractivity (Wildman–Crippen MR) is 67.4 cm³/mol. The summed E-state index contributed by atoms with van der Waals surface area (Å²) in [6.07, 6.45) is 0.148. The molecule has 5 N–H and O–H groups in total. The number of benzene rings is 1. The molecule has 0 atom stereocenters. The van der Waals surface area contributed by atoms with Gasteiger partial charge in [0.1, 0.15) is 0 Å². The van der Waals surface area contributed by atoms with Gasteiger partial charge in [-0.3, -0.25) is 4.79 Å². The van der Waals surface area contributed by atoms with E-state index in [9.17, 15) is 13.2 Å². The molecule has 0 aliphatic carbocycles. The number of primary sulfonamides is 1. The van der Waals surface area contributed by atoms with Crippen LogP contribution in [0, 0.1) is 0 Å². The first-order chi connectivity index (χ1) is 8.34. The van der Waals surface area contributed by atoms with Crippen molar-refractivity contribution in [2.75, 3.05) is 24.7 Å². The maximum absolute atomic E-state index is 11.2. The number of hydrogen-bond donors (Lipinski definition) is 3. The maximum atomic E-state index is 11.2. The van der Waals surface area contributed by atoms with Crippen LogP contribution in [0.1, 0.15) is 6.42 Å². The lowest BCUT2D eigenvalue weighted by molar-refractivity contribution is -0.140. The van der Waals surface area contributed by atoms with Crippen molar-refractivity contribution in [3.05, 3.63) is 18.2 Å². The molecule has 0 amide bonds. The van der Waals surface area contributed by atoms with Crippen LogP contribution in [0.5, 0.6) is 0 Å². The summed E-state index contributed by atoms with van der Waals surface area (Å²) in [7, 11) is -2.49. The van der Waals surface area contributed by atoms with E-state index < -0.39 is 10.0 Å². The molecule has 0 saturated heterocycles. The first-order valence-corrected chi connectivity index (χ1v) is 6.62. The van der Waals surface area contributed by atoms with Crippen molar-refractivity contribution in [2.24, 2.45) is 5.14 Å². The Balaban J connectivity index is 2.79. The molecular formula is C10H15N3O4S. The van der Waals surface area contributed by atoms with E-state index in [0.29, 0.717) is 11.4 Å². The van der Waals surface area contributed by atoms with Crippen LogP contribution >= 0.6 is 0 Å². The molecule has 8 heteroatoms. The zero-order valence-electron chi connectivity index (χ0n) is 9.84. The van der Waals surface area contributed by atoms with Gasteiger partial charge in [-0.05, 0) is 18.2 Å². The Bertz CT molecular complexity index is 542. The molecule has 0 unspecified atom stereocenters. The molecule has 18 heavy (non-hydrogen) atoms. The minimum absolute atomic E-state index is 0.0442. The molecule has 0 aliphatic rings. The lowest BCUT2D eigenvalue weighted by atomic mass is 10.2. The number of nitrogen functional groups attached to an aromatic ring is 1. The van der Waals surface area contributed by atoms with Crippen molar-refractivity contribution < 1.29 is 17.9 Å². The fraction of sp³-hybridized carbons (Fsp3) is 0.300. The van der Waals surface area contributed by atoms with Gasteiger partial charge in [0.05, 0.1) is 29.8 Å². The molecule has 1 rings (SSSR count). The number of nitrogens with one attached hydrogen (secondary N) is 1. The first kappa shape index (κ1) is 14.3. The molecule has 100 valence electrons. The van der Waals surface area contributed by atoms with Crippen LogP contribution in [-0.4, -0.2) is 28.0 Å². The van der Waals surface area contributed by atoms with Crippen LogP contribution in [0.4, 0.5) is 11.4 Å². The van der Waals surface area contributed by atoms with E-state index in [1.54, 1.807) is 0 Å². The molecule has 0 aliphatic heterocycles. The fourth-order valence-corrected chi connectivity index (χ4v) is 1.81. The number of carbonyl (C=O) groups is 1. The van der Waals surface area contributed by atoms with Crippen molar-refractivity contribution in [1.82, 2.24) is 0 Å². The minimum atomic E-state index is -3.78. The van der Waals surface area contributed by atoms with Crippen LogP contribution in [0.2, 0.25) is 0 Å². The number of rotatable bonds is 5. The molecule has 1 aromatic rings. The van der Waals surface area contributed by atoms with Crippen molar-refractivity contribution in [2.45, 2.75) is 11.3 Å². The second kappa shape index (κ2) is 5.69. The van der Waals surface area contributed by atoms with E-state index in [1.165, 1.54) is 25.3 Å². The van der Waals surface area contributed by atoms with Gasteiger partial charge in [0.15, 0.2) is 0 Å². The van der Waals surface area contributed by atoms with E-state index >= 15 is 0 Å². The summed E-state index contributed by atoms with van der Waals surface area (Å²) in [6.45, 7) is 0.283. The van der Waals surface area contributed by atoms with Gasteiger partial charge in [0.2, 0.25) is 10.0 Å². The summed E-state index contributed by atoms with van der Waals surface area (Å²) in [4.78, 5) is 10.9. The Labute approximate surface area is 105 Å². The van der Waals surface area contributed by atoms with Crippen molar-refractivity contribution in [1.29, 1.82) is 0 Å². The van der Waals surface area contributed by atoms with Gasteiger partial charge < -0.3 is 15.8 Å². The van der Waals surface area contributed by atoms with Gasteiger partial charge in [-0.25, -0.2) is 13.6 Å². The molecule has 1 aromatic carbocycles. The highest BCUT2D eigenvalue weighted by atomic mass is 32.2. The standard InChI is InChI=1S/C10H15N3O4S/c1-17-10(14)4-5-13-9-6-7(18(12,15)16)2-3-8(9)11/h2-3,6,13H,4-5,11H2,1H3,(H2,12,15,16). The molecule has 7 nitrogen and oxygen atoms in total. The van der Waals surface area contributed by atoms with Crippen LogP contribution < -0.4 is 16.2 Å². The van der Waals surface area contributed by atoms with Crippen LogP contribution in [0.3, 0.4) is 0 Å². The Kier molecular flexibility index (Phi) is 4.51. The number of sulfonamides is 1. The van der Waals surface area contributed by atoms with E-state index in [4.69, 9.17) is 10.9 Å². The van der Waals surface area contributed by atoms with E-state index in [1.807, 2.05) is 0 Å². The highest BCUT2D eigenvalue weighted by Gasteiger charge is 2.10. The van der Waals surface area contributed by atoms with Crippen molar-refractivity contribution in [3.8, 4) is 0 Å². The minimum Gasteiger partial charge on any atom is -0.469 e. The quantitative estimate of drug-likeness (QED) is 0.508. The number of nitrogens with two attached hydrogens (primary N) is 2. The third-order valence-electron chi connectivity index (χ3n) is 2.23.